The number of thiazole rings is 1. The summed E-state index contributed by atoms with van der Waals surface area (Å²) in [5.41, 5.74) is 1.21. The minimum absolute atomic E-state index is 0.164. The zero-order valence-electron chi connectivity index (χ0n) is 14.8. The van der Waals surface area contributed by atoms with Crippen molar-refractivity contribution in [1.82, 2.24) is 15.1 Å². The van der Waals surface area contributed by atoms with Gasteiger partial charge in [0.1, 0.15) is 10.8 Å². The number of nitriles is 1. The number of hydrogen-bond donors (Lipinski definition) is 0. The first-order chi connectivity index (χ1) is 13.6. The van der Waals surface area contributed by atoms with E-state index < -0.39 is 5.92 Å². The first-order valence-corrected chi connectivity index (χ1v) is 9.27. The Labute approximate surface area is 164 Å². The summed E-state index contributed by atoms with van der Waals surface area (Å²) in [7, 11) is 0. The van der Waals surface area contributed by atoms with Crippen LogP contribution in [0.2, 0.25) is 0 Å². The van der Waals surface area contributed by atoms with Gasteiger partial charge in [0, 0.05) is 12.5 Å². The van der Waals surface area contributed by atoms with Crippen LogP contribution in [0, 0.1) is 18.3 Å². The van der Waals surface area contributed by atoms with E-state index in [1.54, 1.807) is 31.2 Å². The van der Waals surface area contributed by atoms with E-state index in [1.165, 1.54) is 11.3 Å². The maximum atomic E-state index is 12.8. The predicted octanol–water partition coefficient (Wildman–Crippen LogP) is 4.06. The number of fused-ring (bicyclic) bond motifs is 1. The molecule has 1 atom stereocenters. The monoisotopic (exact) mass is 390 g/mol. The number of carbonyl (C=O) groups is 1. The maximum Gasteiger partial charge on any atom is 0.223 e. The normalized spacial score (nSPS) is 11.9. The Balaban J connectivity index is 1.49. The van der Waals surface area contributed by atoms with E-state index in [2.05, 4.69) is 21.2 Å². The van der Waals surface area contributed by atoms with Gasteiger partial charge in [-0.25, -0.2) is 4.98 Å². The number of carbonyl (C=O) groups excluding carboxylic acids is 1. The van der Waals surface area contributed by atoms with Gasteiger partial charge in [-0.05, 0) is 36.4 Å². The zero-order valence-corrected chi connectivity index (χ0v) is 15.6. The van der Waals surface area contributed by atoms with Gasteiger partial charge < -0.3 is 9.26 Å². The Kier molecular flexibility index (Phi) is 4.83. The van der Waals surface area contributed by atoms with Gasteiger partial charge in [0.25, 0.3) is 0 Å². The van der Waals surface area contributed by atoms with Gasteiger partial charge in [-0.15, -0.1) is 11.3 Å². The third-order valence-corrected chi connectivity index (χ3v) is 5.13. The standard InChI is InChI=1S/C20H14N4O3S/c1-12-22-18(24-27-12)11-26-14-8-6-13(7-9-14)19(25)15(10-21)20-23-16-4-2-3-5-17(16)28-20/h2-9,15H,11H2,1H3. The molecule has 0 radical (unpaired) electrons. The minimum atomic E-state index is -0.938. The summed E-state index contributed by atoms with van der Waals surface area (Å²) in [6.07, 6.45) is 0. The van der Waals surface area contributed by atoms with Crippen molar-refractivity contribution in [2.24, 2.45) is 0 Å². The molecule has 2 aromatic carbocycles. The minimum Gasteiger partial charge on any atom is -0.485 e. The topological polar surface area (TPSA) is 102 Å². The molecule has 0 saturated heterocycles. The van der Waals surface area contributed by atoms with E-state index in [-0.39, 0.29) is 12.4 Å². The van der Waals surface area contributed by atoms with Crippen LogP contribution in [-0.2, 0) is 6.61 Å². The molecule has 4 rings (SSSR count). The summed E-state index contributed by atoms with van der Waals surface area (Å²) in [6, 6.07) is 16.3. The lowest BCUT2D eigenvalue weighted by atomic mass is 9.99. The van der Waals surface area contributed by atoms with Crippen molar-refractivity contribution in [1.29, 1.82) is 5.26 Å². The molecule has 138 valence electrons. The van der Waals surface area contributed by atoms with Gasteiger partial charge in [0.15, 0.2) is 18.3 Å². The highest BCUT2D eigenvalue weighted by atomic mass is 32.1. The van der Waals surface area contributed by atoms with E-state index in [9.17, 15) is 10.1 Å². The number of Topliss-reactive ketones (excluding diaryl/α,β-unsaturated/α-hetero) is 1. The average molecular weight is 390 g/mol. The number of ether oxygens (including phenoxy) is 1. The van der Waals surface area contributed by atoms with Gasteiger partial charge in [0.2, 0.25) is 11.7 Å². The van der Waals surface area contributed by atoms with Gasteiger partial charge in [-0.2, -0.15) is 10.2 Å². The van der Waals surface area contributed by atoms with Crippen LogP contribution in [0.25, 0.3) is 10.2 Å². The van der Waals surface area contributed by atoms with Crippen molar-refractivity contribution in [3.8, 4) is 11.8 Å². The van der Waals surface area contributed by atoms with Crippen LogP contribution in [0.3, 0.4) is 0 Å². The summed E-state index contributed by atoms with van der Waals surface area (Å²) in [6.45, 7) is 1.87. The predicted molar refractivity (Wildman–Crippen MR) is 102 cm³/mol. The highest BCUT2D eigenvalue weighted by Gasteiger charge is 2.25. The largest absolute Gasteiger partial charge is 0.485 e. The maximum absolute atomic E-state index is 12.8. The number of aromatic nitrogens is 3. The summed E-state index contributed by atoms with van der Waals surface area (Å²) >= 11 is 1.36. The zero-order chi connectivity index (χ0) is 19.5. The van der Waals surface area contributed by atoms with Crippen molar-refractivity contribution in [3.63, 3.8) is 0 Å². The molecular formula is C20H14N4O3S. The molecule has 0 aliphatic rings. The molecule has 2 heterocycles. The number of hydrogen-bond acceptors (Lipinski definition) is 8. The summed E-state index contributed by atoms with van der Waals surface area (Å²) in [4.78, 5) is 21.3. The Morgan fingerprint density at radius 1 is 1.21 bits per heavy atom. The van der Waals surface area contributed by atoms with Crippen molar-refractivity contribution < 1.29 is 14.1 Å². The highest BCUT2D eigenvalue weighted by Crippen LogP contribution is 2.29. The van der Waals surface area contributed by atoms with E-state index in [0.29, 0.717) is 28.0 Å². The summed E-state index contributed by atoms with van der Waals surface area (Å²) in [5.74, 6) is 0.246. The summed E-state index contributed by atoms with van der Waals surface area (Å²) in [5, 5.41) is 13.8. The molecule has 28 heavy (non-hydrogen) atoms. The van der Waals surface area contributed by atoms with Crippen molar-refractivity contribution in [2.75, 3.05) is 0 Å². The fourth-order valence-electron chi connectivity index (χ4n) is 2.67. The number of benzene rings is 2. The van der Waals surface area contributed by atoms with Crippen molar-refractivity contribution >= 4 is 27.3 Å². The van der Waals surface area contributed by atoms with Crippen LogP contribution < -0.4 is 4.74 Å². The lowest BCUT2D eigenvalue weighted by Gasteiger charge is -2.07. The second kappa shape index (κ2) is 7.58. The molecule has 0 amide bonds. The number of rotatable bonds is 6. The smallest absolute Gasteiger partial charge is 0.223 e. The Bertz CT molecular complexity index is 1140. The molecule has 0 spiro atoms. The van der Waals surface area contributed by atoms with Gasteiger partial charge in [-0.3, -0.25) is 4.79 Å². The van der Waals surface area contributed by atoms with Crippen molar-refractivity contribution in [2.45, 2.75) is 19.4 Å². The van der Waals surface area contributed by atoms with Crippen LogP contribution in [0.1, 0.15) is 33.0 Å². The van der Waals surface area contributed by atoms with Crippen LogP contribution >= 0.6 is 11.3 Å². The fourth-order valence-corrected chi connectivity index (χ4v) is 3.68. The molecule has 0 aliphatic heterocycles. The molecule has 0 bridgehead atoms. The number of nitrogens with zero attached hydrogens (tertiary/aromatic N) is 4. The Morgan fingerprint density at radius 2 is 2.00 bits per heavy atom. The lowest BCUT2D eigenvalue weighted by Crippen LogP contribution is -2.11. The first-order valence-electron chi connectivity index (χ1n) is 8.45. The molecule has 0 fully saturated rings. The van der Waals surface area contributed by atoms with Crippen LogP contribution in [-0.4, -0.2) is 20.9 Å². The number of ketones is 1. The molecular weight excluding hydrogens is 376 g/mol. The SMILES string of the molecule is Cc1nc(COc2ccc(C(=O)C(C#N)c3nc4ccccc4s3)cc2)no1. The average Bonchev–Trinajstić information content (AvgIpc) is 3.33. The van der Waals surface area contributed by atoms with Crippen LogP contribution in [0.15, 0.2) is 53.1 Å². The molecule has 7 nitrogen and oxygen atoms in total. The first kappa shape index (κ1) is 17.8. The molecule has 0 N–H and O–H groups in total. The third kappa shape index (κ3) is 3.61. The molecule has 2 aromatic heterocycles. The Morgan fingerprint density at radius 3 is 2.68 bits per heavy atom. The highest BCUT2D eigenvalue weighted by molar-refractivity contribution is 7.18. The van der Waals surface area contributed by atoms with Gasteiger partial charge >= 0.3 is 0 Å². The molecule has 0 aliphatic carbocycles. The van der Waals surface area contributed by atoms with E-state index in [0.717, 1.165) is 10.2 Å². The lowest BCUT2D eigenvalue weighted by molar-refractivity contribution is 0.0979. The molecule has 1 unspecified atom stereocenters. The second-order valence-electron chi connectivity index (χ2n) is 5.99. The number of para-hydroxylation sites is 1. The van der Waals surface area contributed by atoms with Crippen LogP contribution in [0.4, 0.5) is 0 Å². The third-order valence-electron chi connectivity index (χ3n) is 4.03. The summed E-state index contributed by atoms with van der Waals surface area (Å²) < 4.78 is 11.4. The fraction of sp³-hybridized carbons (Fsp3) is 0.150. The quantitative estimate of drug-likeness (QED) is 0.458. The van der Waals surface area contributed by atoms with E-state index >= 15 is 0 Å². The van der Waals surface area contributed by atoms with Crippen molar-refractivity contribution in [3.05, 3.63) is 70.8 Å². The van der Waals surface area contributed by atoms with Gasteiger partial charge in [-0.1, -0.05) is 17.3 Å². The molecule has 4 aromatic rings. The van der Waals surface area contributed by atoms with Crippen LogP contribution in [0.5, 0.6) is 5.75 Å². The van der Waals surface area contributed by atoms with E-state index in [4.69, 9.17) is 9.26 Å². The second-order valence-corrected chi connectivity index (χ2v) is 7.05. The molecule has 8 heteroatoms. The Hall–Kier alpha value is -3.57. The number of aryl methyl sites for hydroxylation is 1. The molecule has 0 saturated carbocycles. The van der Waals surface area contributed by atoms with Gasteiger partial charge in [0.05, 0.1) is 16.3 Å². The van der Waals surface area contributed by atoms with E-state index in [1.807, 2.05) is 24.3 Å².